The van der Waals surface area contributed by atoms with Gasteiger partial charge < -0.3 is 14.8 Å². The molecule has 1 N–H and O–H groups in total. The molecule has 0 amide bonds. The molecule has 0 unspecified atom stereocenters. The summed E-state index contributed by atoms with van der Waals surface area (Å²) in [6.07, 6.45) is 3.58. The maximum Gasteiger partial charge on any atom is 0.162 e. The minimum absolute atomic E-state index is 0.602. The van der Waals surface area contributed by atoms with Crippen LogP contribution in [0.5, 0.6) is 11.5 Å². The summed E-state index contributed by atoms with van der Waals surface area (Å²) in [5.74, 6) is 1.61. The van der Waals surface area contributed by atoms with E-state index >= 15 is 0 Å². The number of hydrogen-bond acceptors (Lipinski definition) is 6. The Bertz CT molecular complexity index is 640. The highest BCUT2D eigenvalue weighted by Gasteiger charge is 2.20. The molecular formula is C15H17N3O2S. The average molecular weight is 303 g/mol. The van der Waals surface area contributed by atoms with Gasteiger partial charge in [-0.3, -0.25) is 0 Å². The predicted molar refractivity (Wildman–Crippen MR) is 81.1 cm³/mol. The predicted octanol–water partition coefficient (Wildman–Crippen LogP) is 2.27. The van der Waals surface area contributed by atoms with Gasteiger partial charge >= 0.3 is 0 Å². The van der Waals surface area contributed by atoms with Gasteiger partial charge in [0, 0.05) is 24.6 Å². The molecule has 0 spiro atoms. The first-order valence-electron chi connectivity index (χ1n) is 7.34. The van der Waals surface area contributed by atoms with E-state index in [4.69, 9.17) is 9.47 Å². The van der Waals surface area contributed by atoms with Gasteiger partial charge in [-0.05, 0) is 31.0 Å². The van der Waals surface area contributed by atoms with Crippen molar-refractivity contribution in [1.29, 1.82) is 0 Å². The molecule has 6 heteroatoms. The number of rotatable bonds is 5. The van der Waals surface area contributed by atoms with E-state index in [1.807, 2.05) is 18.2 Å². The highest BCUT2D eigenvalue weighted by Crippen LogP contribution is 2.35. The van der Waals surface area contributed by atoms with Crippen LogP contribution < -0.4 is 14.8 Å². The summed E-state index contributed by atoms with van der Waals surface area (Å²) >= 11 is 1.65. The largest absolute Gasteiger partial charge is 0.486 e. The quantitative estimate of drug-likeness (QED) is 0.918. The number of nitrogens with one attached hydrogen (secondary N) is 1. The molecule has 0 atom stereocenters. The third-order valence-electron chi connectivity index (χ3n) is 3.61. The molecule has 1 saturated carbocycles. The van der Waals surface area contributed by atoms with Gasteiger partial charge in [-0.1, -0.05) is 11.3 Å². The Kier molecular flexibility index (Phi) is 3.48. The molecule has 21 heavy (non-hydrogen) atoms. The number of ether oxygens (including phenoxy) is 2. The SMILES string of the molecule is c1cc2c(cc1-c1nnc(CCNC3CC3)s1)OCCO2. The van der Waals surface area contributed by atoms with Crippen LogP contribution in [0.2, 0.25) is 0 Å². The average Bonchev–Trinajstić information content (AvgIpc) is 3.23. The second-order valence-corrected chi connectivity index (χ2v) is 6.40. The van der Waals surface area contributed by atoms with Crippen LogP contribution in [-0.2, 0) is 6.42 Å². The monoisotopic (exact) mass is 303 g/mol. The number of hydrogen-bond donors (Lipinski definition) is 1. The van der Waals surface area contributed by atoms with E-state index in [1.54, 1.807) is 11.3 Å². The fourth-order valence-corrected chi connectivity index (χ4v) is 3.15. The maximum absolute atomic E-state index is 5.61. The third-order valence-corrected chi connectivity index (χ3v) is 4.64. The maximum atomic E-state index is 5.61. The van der Waals surface area contributed by atoms with Crippen LogP contribution >= 0.6 is 11.3 Å². The standard InChI is InChI=1S/C15H17N3O2S/c1-4-12-13(20-8-7-19-12)9-10(1)15-18-17-14(21-15)5-6-16-11-2-3-11/h1,4,9,11,16H,2-3,5-8H2. The Balaban J connectivity index is 1.46. The van der Waals surface area contributed by atoms with Crippen LogP contribution in [0, 0.1) is 0 Å². The van der Waals surface area contributed by atoms with E-state index in [-0.39, 0.29) is 0 Å². The highest BCUT2D eigenvalue weighted by atomic mass is 32.1. The molecular weight excluding hydrogens is 286 g/mol. The van der Waals surface area contributed by atoms with Crippen molar-refractivity contribution in [1.82, 2.24) is 15.5 Å². The van der Waals surface area contributed by atoms with Gasteiger partial charge in [-0.2, -0.15) is 0 Å². The van der Waals surface area contributed by atoms with Crippen molar-refractivity contribution < 1.29 is 9.47 Å². The van der Waals surface area contributed by atoms with Gasteiger partial charge in [0.25, 0.3) is 0 Å². The third kappa shape index (κ3) is 3.01. The van der Waals surface area contributed by atoms with Crippen LogP contribution in [0.1, 0.15) is 17.8 Å². The van der Waals surface area contributed by atoms with Gasteiger partial charge in [-0.25, -0.2) is 0 Å². The molecule has 1 aliphatic carbocycles. The zero-order valence-electron chi connectivity index (χ0n) is 11.7. The summed E-state index contributed by atoms with van der Waals surface area (Å²) in [5, 5.41) is 14.1. The second-order valence-electron chi connectivity index (χ2n) is 5.34. The Hall–Kier alpha value is -1.66. The van der Waals surface area contributed by atoms with Crippen molar-refractivity contribution in [2.75, 3.05) is 19.8 Å². The fraction of sp³-hybridized carbons (Fsp3) is 0.467. The topological polar surface area (TPSA) is 56.3 Å². The molecule has 2 aromatic rings. The van der Waals surface area contributed by atoms with Crippen molar-refractivity contribution in [2.45, 2.75) is 25.3 Å². The summed E-state index contributed by atoms with van der Waals surface area (Å²) in [7, 11) is 0. The van der Waals surface area contributed by atoms with Gasteiger partial charge in [-0.15, -0.1) is 10.2 Å². The highest BCUT2D eigenvalue weighted by molar-refractivity contribution is 7.14. The number of benzene rings is 1. The lowest BCUT2D eigenvalue weighted by molar-refractivity contribution is 0.171. The van der Waals surface area contributed by atoms with Gasteiger partial charge in [0.2, 0.25) is 0 Å². The van der Waals surface area contributed by atoms with E-state index < -0.39 is 0 Å². The molecule has 4 rings (SSSR count). The Morgan fingerprint density at radius 1 is 1.14 bits per heavy atom. The zero-order valence-corrected chi connectivity index (χ0v) is 12.5. The lowest BCUT2D eigenvalue weighted by Crippen LogP contribution is -2.19. The molecule has 110 valence electrons. The smallest absolute Gasteiger partial charge is 0.162 e. The summed E-state index contributed by atoms with van der Waals surface area (Å²) < 4.78 is 11.1. The Morgan fingerprint density at radius 3 is 2.86 bits per heavy atom. The molecule has 1 fully saturated rings. The summed E-state index contributed by atoms with van der Waals surface area (Å²) in [4.78, 5) is 0. The molecule has 2 heterocycles. The minimum Gasteiger partial charge on any atom is -0.486 e. The van der Waals surface area contributed by atoms with Gasteiger partial charge in [0.05, 0.1) is 0 Å². The molecule has 5 nitrogen and oxygen atoms in total. The fourth-order valence-electron chi connectivity index (χ4n) is 2.32. The lowest BCUT2D eigenvalue weighted by atomic mass is 10.2. The molecule has 0 radical (unpaired) electrons. The number of aromatic nitrogens is 2. The van der Waals surface area contributed by atoms with E-state index in [0.29, 0.717) is 13.2 Å². The van der Waals surface area contributed by atoms with Crippen molar-refractivity contribution in [2.24, 2.45) is 0 Å². The molecule has 0 saturated heterocycles. The van der Waals surface area contributed by atoms with Gasteiger partial charge in [0.1, 0.15) is 23.2 Å². The van der Waals surface area contributed by atoms with E-state index in [0.717, 1.165) is 46.1 Å². The first-order chi connectivity index (χ1) is 10.4. The van der Waals surface area contributed by atoms with Crippen LogP contribution in [-0.4, -0.2) is 36.0 Å². The number of fused-ring (bicyclic) bond motifs is 1. The van der Waals surface area contributed by atoms with Crippen LogP contribution in [0.4, 0.5) is 0 Å². The van der Waals surface area contributed by atoms with Crippen molar-refractivity contribution >= 4 is 11.3 Å². The molecule has 1 aromatic carbocycles. The van der Waals surface area contributed by atoms with Gasteiger partial charge in [0.15, 0.2) is 11.5 Å². The first kappa shape index (κ1) is 13.0. The van der Waals surface area contributed by atoms with Crippen molar-refractivity contribution in [3.05, 3.63) is 23.2 Å². The number of nitrogens with zero attached hydrogens (tertiary/aromatic N) is 2. The van der Waals surface area contributed by atoms with Crippen molar-refractivity contribution in [3.8, 4) is 22.1 Å². The van der Waals surface area contributed by atoms with E-state index in [2.05, 4.69) is 15.5 Å². The Morgan fingerprint density at radius 2 is 2.00 bits per heavy atom. The zero-order chi connectivity index (χ0) is 14.1. The van der Waals surface area contributed by atoms with E-state index in [9.17, 15) is 0 Å². The summed E-state index contributed by atoms with van der Waals surface area (Å²) in [6, 6.07) is 6.69. The molecule has 2 aliphatic rings. The van der Waals surface area contributed by atoms with Crippen molar-refractivity contribution in [3.63, 3.8) is 0 Å². The van der Waals surface area contributed by atoms with Crippen LogP contribution in [0.25, 0.3) is 10.6 Å². The first-order valence-corrected chi connectivity index (χ1v) is 8.16. The summed E-state index contributed by atoms with van der Waals surface area (Å²) in [6.45, 7) is 2.20. The molecule has 1 aromatic heterocycles. The van der Waals surface area contributed by atoms with E-state index in [1.165, 1.54) is 12.8 Å². The van der Waals surface area contributed by atoms with Crippen LogP contribution in [0.3, 0.4) is 0 Å². The van der Waals surface area contributed by atoms with Crippen LogP contribution in [0.15, 0.2) is 18.2 Å². The second kappa shape index (κ2) is 5.61. The Labute approximate surface area is 127 Å². The minimum atomic E-state index is 0.602. The lowest BCUT2D eigenvalue weighted by Gasteiger charge is -2.18. The molecule has 0 bridgehead atoms. The molecule has 1 aliphatic heterocycles. The normalized spacial score (nSPS) is 17.0. The summed E-state index contributed by atoms with van der Waals surface area (Å²) in [5.41, 5.74) is 1.04.